The van der Waals surface area contributed by atoms with Crippen LogP contribution >= 0.6 is 0 Å². The van der Waals surface area contributed by atoms with Gasteiger partial charge in [0.1, 0.15) is 5.84 Å². The van der Waals surface area contributed by atoms with Crippen LogP contribution in [0.15, 0.2) is 153 Å². The number of nitrogens with zero attached hydrogens (tertiary/aromatic N) is 5. The maximum Gasteiger partial charge on any atom is 0.132 e. The molecule has 2 aliphatic carbocycles. The van der Waals surface area contributed by atoms with Gasteiger partial charge in [0, 0.05) is 112 Å². The zero-order chi connectivity index (χ0) is 58.7. The summed E-state index contributed by atoms with van der Waals surface area (Å²) in [5.74, 6) is 2.93. The van der Waals surface area contributed by atoms with E-state index in [-0.39, 0.29) is 15.9 Å². The SMILES string of the molecule is CC.CC.CC/C=C(\C=NC)C1=C(CCCC2CCCCC2)NC(C)(c2cccc(-c3cc(C)n(C)c3)c2)C=C1.CCC/C=C(\C=NC)C1=CNC(c2cccc(-c3ccn(C)c3)c2)=NC1C.CCCC1CCCCC1.CCOC.[HH].[HH].[HH]. The van der Waals surface area contributed by atoms with Gasteiger partial charge in [-0.3, -0.25) is 15.0 Å². The molecule has 2 aromatic heterocycles. The molecule has 0 saturated heterocycles. The molecule has 4 aromatic rings. The number of hydrogen-bond acceptors (Lipinski definition) is 6. The average Bonchev–Trinajstić information content (AvgIpc) is 4.19. The van der Waals surface area contributed by atoms with E-state index in [2.05, 4.69) is 193 Å². The number of nitrogens with one attached hydrogen (secondary N) is 2. The van der Waals surface area contributed by atoms with Gasteiger partial charge >= 0.3 is 0 Å². The van der Waals surface area contributed by atoms with E-state index in [0.717, 1.165) is 61.1 Å². The molecule has 0 bridgehead atoms. The van der Waals surface area contributed by atoms with Crippen molar-refractivity contribution in [2.24, 2.45) is 40.9 Å². The Kier molecular flexibility index (Phi) is 33.3. The molecule has 0 amide bonds. The monoisotopic (exact) mass is 1100 g/mol. The Hall–Kier alpha value is -5.73. The number of rotatable bonds is 18. The largest absolute Gasteiger partial charge is 0.385 e. The third-order valence-electron chi connectivity index (χ3n) is 15.5. The van der Waals surface area contributed by atoms with E-state index < -0.39 is 0 Å². The summed E-state index contributed by atoms with van der Waals surface area (Å²) in [6, 6.07) is 22.0. The lowest BCUT2D eigenvalue weighted by Gasteiger charge is -2.36. The van der Waals surface area contributed by atoms with E-state index in [0.29, 0.717) is 0 Å². The number of aliphatic imine (C=N–C) groups is 3. The maximum absolute atomic E-state index is 4.91. The standard InChI is InChI=1S/C33H45N3.C23H28N4.C9H18.C3H8O.2C2H6.3H2/c1-6-12-28(23-34-4)31-19-20-33(3,35-32(31)18-10-15-26-13-8-7-9-14-26)30-17-11-16-27(22-30)29-21-25(2)36(5)24-29;1-5-6-8-20(14-24-3)22-15-25-23(26-17(22)2)19-10-7-9-18(13-19)21-11-12-27(4)16-21;1-2-6-9-7-4-3-5-8-9;1-3-4-2;2*1-2;;;/h11-12,16-17,19-24,26,35H,6-10,13-15,18H2,1-5H3;7-17H,5-6H2,1-4H3,(H,25,26);9H,2-8H2,1H3;3H2,1-2H3;2*1-2H3;3*1H/b28-12+,34-23?;20-8+,24-14?;;;;;;;. The van der Waals surface area contributed by atoms with Gasteiger partial charge in [0.25, 0.3) is 0 Å². The van der Waals surface area contributed by atoms with Crippen molar-refractivity contribution in [1.29, 1.82) is 0 Å². The number of aryl methyl sites for hydroxylation is 3. The Morgan fingerprint density at radius 3 is 1.91 bits per heavy atom. The normalized spacial score (nSPS) is 18.6. The van der Waals surface area contributed by atoms with Gasteiger partial charge in [-0.2, -0.15) is 0 Å². The van der Waals surface area contributed by atoms with Crippen molar-refractivity contribution in [3.05, 3.63) is 155 Å². The average molecular weight is 1100 g/mol. The number of ether oxygens (including phenoxy) is 1. The minimum Gasteiger partial charge on any atom is -0.385 e. The first-order valence-electron chi connectivity index (χ1n) is 31.4. The van der Waals surface area contributed by atoms with E-state index >= 15 is 0 Å². The molecule has 2 saturated carbocycles. The summed E-state index contributed by atoms with van der Waals surface area (Å²) in [4.78, 5) is 13.5. The molecule has 0 radical (unpaired) electrons. The number of allylic oxidation sites excluding steroid dienone is 6. The lowest BCUT2D eigenvalue weighted by atomic mass is 9.83. The fourth-order valence-electron chi connectivity index (χ4n) is 11.0. The molecule has 2 unspecified atom stereocenters. The molecule has 2 aliphatic heterocycles. The molecule has 80 heavy (non-hydrogen) atoms. The zero-order valence-electron chi connectivity index (χ0n) is 53.4. The molecule has 4 heterocycles. The van der Waals surface area contributed by atoms with Crippen molar-refractivity contribution in [2.45, 2.75) is 203 Å². The fraction of sp³-hybridized carbons (Fsp3) is 0.542. The van der Waals surface area contributed by atoms with Crippen molar-refractivity contribution in [3.8, 4) is 22.3 Å². The maximum atomic E-state index is 4.91. The predicted octanol–water partition coefficient (Wildman–Crippen LogP) is 20.0. The molecule has 2 fully saturated rings. The third kappa shape index (κ3) is 22.3. The van der Waals surface area contributed by atoms with Crippen LogP contribution in [0, 0.1) is 18.8 Å². The van der Waals surface area contributed by atoms with Crippen LogP contribution < -0.4 is 10.6 Å². The van der Waals surface area contributed by atoms with Crippen LogP contribution in [0.25, 0.3) is 22.3 Å². The van der Waals surface area contributed by atoms with Crippen LogP contribution in [0.5, 0.6) is 0 Å². The van der Waals surface area contributed by atoms with Crippen molar-refractivity contribution < 1.29 is 9.02 Å². The Labute approximate surface area is 493 Å². The summed E-state index contributed by atoms with van der Waals surface area (Å²) in [6.07, 6.45) is 46.1. The van der Waals surface area contributed by atoms with Gasteiger partial charge in [0.05, 0.1) is 11.6 Å². The summed E-state index contributed by atoms with van der Waals surface area (Å²) >= 11 is 0. The molecular formula is C72H117N7O. The highest BCUT2D eigenvalue weighted by atomic mass is 16.5. The van der Waals surface area contributed by atoms with E-state index in [1.807, 2.05) is 68.2 Å². The number of hydrogen-bond donors (Lipinski definition) is 2. The molecule has 0 spiro atoms. The minimum atomic E-state index is -0.246. The van der Waals surface area contributed by atoms with Crippen molar-refractivity contribution in [3.63, 3.8) is 0 Å². The van der Waals surface area contributed by atoms with Crippen molar-refractivity contribution >= 4 is 18.3 Å². The number of amidine groups is 1. The summed E-state index contributed by atoms with van der Waals surface area (Å²) in [5.41, 5.74) is 14.6. The van der Waals surface area contributed by atoms with E-state index in [1.54, 1.807) is 7.11 Å². The van der Waals surface area contributed by atoms with Gasteiger partial charge in [-0.25, -0.2) is 0 Å². The van der Waals surface area contributed by atoms with E-state index in [1.165, 1.54) is 146 Å². The molecule has 2 atom stereocenters. The predicted molar refractivity (Wildman–Crippen MR) is 359 cm³/mol. The quantitative estimate of drug-likeness (QED) is 0.0975. The molecule has 446 valence electrons. The van der Waals surface area contributed by atoms with Crippen LogP contribution in [0.4, 0.5) is 0 Å². The van der Waals surface area contributed by atoms with Crippen LogP contribution in [-0.2, 0) is 24.4 Å². The second kappa shape index (κ2) is 38.8. The summed E-state index contributed by atoms with van der Waals surface area (Å²) in [5, 5.41) is 7.41. The summed E-state index contributed by atoms with van der Waals surface area (Å²) < 4.78 is 8.80. The molecule has 2 aromatic carbocycles. The summed E-state index contributed by atoms with van der Waals surface area (Å²) in [7, 11) is 9.51. The first-order valence-corrected chi connectivity index (χ1v) is 31.4. The summed E-state index contributed by atoms with van der Waals surface area (Å²) in [6.45, 7) is 24.1. The van der Waals surface area contributed by atoms with Gasteiger partial charge in [-0.05, 0) is 128 Å². The lowest BCUT2D eigenvalue weighted by molar-refractivity contribution is 0.215. The van der Waals surface area contributed by atoms with Gasteiger partial charge in [-0.1, -0.05) is 199 Å². The fourth-order valence-corrected chi connectivity index (χ4v) is 11.0. The third-order valence-corrected chi connectivity index (χ3v) is 15.5. The van der Waals surface area contributed by atoms with E-state index in [9.17, 15) is 0 Å². The van der Waals surface area contributed by atoms with Gasteiger partial charge in [-0.15, -0.1) is 0 Å². The van der Waals surface area contributed by atoms with E-state index in [4.69, 9.17) is 4.99 Å². The number of dihydropyridines is 1. The van der Waals surface area contributed by atoms with Gasteiger partial charge in [0.2, 0.25) is 0 Å². The van der Waals surface area contributed by atoms with Crippen molar-refractivity contribution in [1.82, 2.24) is 19.8 Å². The first-order chi connectivity index (χ1) is 38.9. The highest BCUT2D eigenvalue weighted by Crippen LogP contribution is 2.36. The van der Waals surface area contributed by atoms with Gasteiger partial charge in [0.15, 0.2) is 0 Å². The number of unbranched alkanes of at least 4 members (excludes halogenated alkanes) is 1. The number of methoxy groups -OCH3 is 1. The molecular weight excluding hydrogens is 979 g/mol. The molecule has 8 rings (SSSR count). The Bertz CT molecular complexity index is 2610. The highest BCUT2D eigenvalue weighted by molar-refractivity contribution is 6.02. The minimum absolute atomic E-state index is 0. The molecule has 8 nitrogen and oxygen atoms in total. The molecule has 2 N–H and O–H groups in total. The Morgan fingerprint density at radius 1 is 0.750 bits per heavy atom. The van der Waals surface area contributed by atoms with Crippen LogP contribution in [0.2, 0.25) is 0 Å². The zero-order valence-corrected chi connectivity index (χ0v) is 53.4. The van der Waals surface area contributed by atoms with Crippen molar-refractivity contribution in [2.75, 3.05) is 27.8 Å². The second-order valence-electron chi connectivity index (χ2n) is 21.7. The van der Waals surface area contributed by atoms with Crippen LogP contribution in [0.1, 0.15) is 206 Å². The number of aromatic nitrogens is 2. The molecule has 4 aliphatic rings. The second-order valence-corrected chi connectivity index (χ2v) is 21.7. The van der Waals surface area contributed by atoms with Crippen LogP contribution in [-0.4, -0.2) is 61.3 Å². The number of benzene rings is 2. The van der Waals surface area contributed by atoms with Crippen LogP contribution in [0.3, 0.4) is 0 Å². The molecule has 8 heteroatoms. The smallest absolute Gasteiger partial charge is 0.132 e. The first kappa shape index (κ1) is 68.5. The Balaban J connectivity index is 0.00000126. The lowest BCUT2D eigenvalue weighted by Crippen LogP contribution is -2.40. The Morgan fingerprint density at radius 2 is 1.36 bits per heavy atom. The van der Waals surface area contributed by atoms with Gasteiger partial charge < -0.3 is 24.5 Å². The topological polar surface area (TPSA) is 80.2 Å². The highest BCUT2D eigenvalue weighted by Gasteiger charge is 2.30.